The average molecular weight is 515 g/mol. The second-order valence-corrected chi connectivity index (χ2v) is 9.89. The topological polar surface area (TPSA) is 94.2 Å². The minimum Gasteiger partial charge on any atom is -0.465 e. The zero-order valence-electron chi connectivity index (χ0n) is 19.5. The molecule has 1 aromatic carbocycles. The van der Waals surface area contributed by atoms with Gasteiger partial charge in [-0.25, -0.2) is 9.59 Å². The molecule has 35 heavy (non-hydrogen) atoms. The van der Waals surface area contributed by atoms with Crippen molar-refractivity contribution < 1.29 is 41.8 Å². The summed E-state index contributed by atoms with van der Waals surface area (Å²) in [6, 6.07) is 3.55. The lowest BCUT2D eigenvalue weighted by Gasteiger charge is -2.39. The van der Waals surface area contributed by atoms with Gasteiger partial charge < -0.3 is 24.4 Å². The van der Waals surface area contributed by atoms with Crippen LogP contribution in [0.15, 0.2) is 47.0 Å². The van der Waals surface area contributed by atoms with E-state index in [1.807, 2.05) is 0 Å². The van der Waals surface area contributed by atoms with Crippen LogP contribution in [0.1, 0.15) is 26.3 Å². The Morgan fingerprint density at radius 3 is 2.40 bits per heavy atom. The molecule has 1 fully saturated rings. The van der Waals surface area contributed by atoms with Gasteiger partial charge in [-0.3, -0.25) is 4.79 Å². The predicted octanol–water partition coefficient (Wildman–Crippen LogP) is 3.92. The summed E-state index contributed by atoms with van der Waals surface area (Å²) in [6.45, 7) is 5.22. The number of Topliss-reactive ketones (excluding diaryl/α,β-unsaturated/α-hetero) is 1. The van der Waals surface area contributed by atoms with Gasteiger partial charge in [0.15, 0.2) is 5.78 Å². The number of rotatable bonds is 5. The molecule has 2 atom stereocenters. The van der Waals surface area contributed by atoms with Crippen molar-refractivity contribution in [3.8, 4) is 5.75 Å². The smallest absolute Gasteiger partial charge is 0.465 e. The number of alkyl halides is 3. The fourth-order valence-corrected chi connectivity index (χ4v) is 4.73. The zero-order valence-corrected chi connectivity index (χ0v) is 20.3. The molecule has 3 rings (SSSR count). The fourth-order valence-electron chi connectivity index (χ4n) is 3.50. The highest BCUT2D eigenvalue weighted by atomic mass is 32.2. The number of ether oxygens (including phenoxy) is 3. The summed E-state index contributed by atoms with van der Waals surface area (Å²) < 4.78 is 51.3. The van der Waals surface area contributed by atoms with Crippen molar-refractivity contribution in [2.45, 2.75) is 51.4 Å². The van der Waals surface area contributed by atoms with E-state index in [-0.39, 0.29) is 29.4 Å². The molecule has 0 aromatic heterocycles. The summed E-state index contributed by atoms with van der Waals surface area (Å²) in [4.78, 5) is 40.0. The van der Waals surface area contributed by atoms with E-state index in [9.17, 15) is 27.6 Å². The van der Waals surface area contributed by atoms with Crippen molar-refractivity contribution in [2.75, 3.05) is 12.9 Å². The molecule has 0 aliphatic carbocycles. The van der Waals surface area contributed by atoms with Gasteiger partial charge in [-0.15, -0.1) is 24.9 Å². The molecule has 1 N–H and O–H groups in total. The maximum absolute atomic E-state index is 13.4. The molecule has 1 saturated heterocycles. The average Bonchev–Trinajstić information content (AvgIpc) is 2.74. The first-order valence-electron chi connectivity index (χ1n) is 10.5. The maximum Gasteiger partial charge on any atom is 0.573 e. The third-order valence-electron chi connectivity index (χ3n) is 4.87. The van der Waals surface area contributed by atoms with Crippen molar-refractivity contribution >= 4 is 29.6 Å². The number of alkyl carbamates (subject to hydrolysis) is 1. The number of fused-ring (bicyclic) bond motifs is 1. The van der Waals surface area contributed by atoms with E-state index in [4.69, 9.17) is 9.47 Å². The third-order valence-corrected chi connectivity index (χ3v) is 6.04. The van der Waals surface area contributed by atoms with Crippen LogP contribution in [0.4, 0.5) is 18.0 Å². The number of carbonyl (C=O) groups is 3. The van der Waals surface area contributed by atoms with E-state index < -0.39 is 36.1 Å². The Labute approximate surface area is 204 Å². The number of esters is 1. The van der Waals surface area contributed by atoms with Crippen LogP contribution < -0.4 is 10.1 Å². The molecular weight excluding hydrogens is 489 g/mol. The fraction of sp³-hybridized carbons (Fsp3) is 0.435. The van der Waals surface area contributed by atoms with Gasteiger partial charge >= 0.3 is 18.4 Å². The number of nitrogens with one attached hydrogen (secondary N) is 1. The van der Waals surface area contributed by atoms with Crippen LogP contribution in [-0.2, 0) is 25.6 Å². The Morgan fingerprint density at radius 2 is 1.83 bits per heavy atom. The van der Waals surface area contributed by atoms with Crippen molar-refractivity contribution in [1.82, 2.24) is 10.2 Å². The number of carbonyl (C=O) groups excluding carboxylic acids is 3. The third kappa shape index (κ3) is 7.17. The van der Waals surface area contributed by atoms with Gasteiger partial charge in [0.1, 0.15) is 23.4 Å². The van der Waals surface area contributed by atoms with Crippen LogP contribution >= 0.6 is 11.8 Å². The molecule has 2 heterocycles. The SMILES string of the molecule is COC(=O)C1=CN(Cc2ccc(OC(F)(F)F)cc2)C2C(=O)[C@@H](NC(=O)OC(C)(C)C)CSC2=C1. The van der Waals surface area contributed by atoms with Gasteiger partial charge in [-0.1, -0.05) is 12.1 Å². The van der Waals surface area contributed by atoms with Crippen molar-refractivity contribution in [1.29, 1.82) is 0 Å². The van der Waals surface area contributed by atoms with Crippen LogP contribution in [-0.4, -0.2) is 59.7 Å². The Morgan fingerprint density at radius 1 is 1.17 bits per heavy atom. The number of benzene rings is 1. The first-order valence-corrected chi connectivity index (χ1v) is 11.5. The Balaban J connectivity index is 1.83. The molecule has 0 radical (unpaired) electrons. The maximum atomic E-state index is 13.4. The summed E-state index contributed by atoms with van der Waals surface area (Å²) in [7, 11) is 1.23. The summed E-state index contributed by atoms with van der Waals surface area (Å²) in [5.74, 6) is -1.04. The van der Waals surface area contributed by atoms with Crippen LogP contribution in [0.2, 0.25) is 0 Å². The Hall–Kier alpha value is -3.15. The van der Waals surface area contributed by atoms with Gasteiger partial charge in [0.2, 0.25) is 0 Å². The van der Waals surface area contributed by atoms with Crippen LogP contribution in [0.3, 0.4) is 0 Å². The summed E-state index contributed by atoms with van der Waals surface area (Å²) >= 11 is 1.31. The minimum absolute atomic E-state index is 0.0975. The van der Waals surface area contributed by atoms with E-state index >= 15 is 0 Å². The Kier molecular flexibility index (Phi) is 7.73. The zero-order chi connectivity index (χ0) is 26.0. The highest BCUT2D eigenvalue weighted by Gasteiger charge is 2.41. The molecule has 1 amide bonds. The van der Waals surface area contributed by atoms with Crippen LogP contribution in [0.5, 0.6) is 5.75 Å². The summed E-state index contributed by atoms with van der Waals surface area (Å²) in [5.41, 5.74) is 0.0488. The highest BCUT2D eigenvalue weighted by Crippen LogP contribution is 2.36. The van der Waals surface area contributed by atoms with Gasteiger partial charge in [0.25, 0.3) is 0 Å². The van der Waals surface area contributed by atoms with Crippen LogP contribution in [0, 0.1) is 0 Å². The number of hydrogen-bond acceptors (Lipinski definition) is 8. The standard InChI is InChI=1S/C23H25F3N2O6S/c1-22(2,3)34-21(31)27-16-12-35-17-9-14(20(30)32-4)11-28(18(17)19(16)29)10-13-5-7-15(8-6-13)33-23(24,25)26/h5-9,11,16,18H,10,12H2,1-4H3,(H,27,31)/t16-,18?/m0/s1. The number of halogens is 3. The number of amides is 1. The number of methoxy groups -OCH3 is 1. The molecule has 0 saturated carbocycles. The number of nitrogens with zero attached hydrogens (tertiary/aromatic N) is 1. The van der Waals surface area contributed by atoms with Gasteiger partial charge in [0.05, 0.1) is 12.7 Å². The molecule has 1 unspecified atom stereocenters. The second-order valence-electron chi connectivity index (χ2n) is 8.80. The normalized spacial score (nSPS) is 20.3. The first-order chi connectivity index (χ1) is 16.3. The molecule has 12 heteroatoms. The predicted molar refractivity (Wildman–Crippen MR) is 121 cm³/mol. The van der Waals surface area contributed by atoms with Crippen molar-refractivity contribution in [3.05, 3.63) is 52.6 Å². The lowest BCUT2D eigenvalue weighted by Crippen LogP contribution is -2.55. The molecular formula is C23H25F3N2O6S. The largest absolute Gasteiger partial charge is 0.573 e. The second kappa shape index (κ2) is 10.2. The minimum atomic E-state index is -4.81. The molecule has 1 aromatic rings. The molecule has 8 nitrogen and oxygen atoms in total. The number of ketones is 1. The molecule has 190 valence electrons. The molecule has 2 aliphatic heterocycles. The van der Waals surface area contributed by atoms with E-state index in [2.05, 4.69) is 10.1 Å². The van der Waals surface area contributed by atoms with Gasteiger partial charge in [0, 0.05) is 23.4 Å². The highest BCUT2D eigenvalue weighted by molar-refractivity contribution is 8.03. The van der Waals surface area contributed by atoms with E-state index in [0.29, 0.717) is 10.5 Å². The lowest BCUT2D eigenvalue weighted by atomic mass is 9.98. The molecule has 0 bridgehead atoms. The number of thioether (sulfide) groups is 1. The summed E-state index contributed by atoms with van der Waals surface area (Å²) in [6.07, 6.45) is -2.50. The van der Waals surface area contributed by atoms with Crippen molar-refractivity contribution in [3.63, 3.8) is 0 Å². The van der Waals surface area contributed by atoms with Crippen LogP contribution in [0.25, 0.3) is 0 Å². The molecule has 0 spiro atoms. The number of hydrogen-bond donors (Lipinski definition) is 1. The van der Waals surface area contributed by atoms with E-state index in [1.54, 1.807) is 31.7 Å². The monoisotopic (exact) mass is 514 g/mol. The van der Waals surface area contributed by atoms with Gasteiger partial charge in [-0.05, 0) is 44.5 Å². The molecule has 2 aliphatic rings. The van der Waals surface area contributed by atoms with E-state index in [0.717, 1.165) is 0 Å². The Bertz CT molecular complexity index is 1050. The van der Waals surface area contributed by atoms with E-state index in [1.165, 1.54) is 49.3 Å². The quantitative estimate of drug-likeness (QED) is 0.591. The lowest BCUT2D eigenvalue weighted by molar-refractivity contribution is -0.274. The van der Waals surface area contributed by atoms with Gasteiger partial charge in [-0.2, -0.15) is 0 Å². The summed E-state index contributed by atoms with van der Waals surface area (Å²) in [5, 5.41) is 2.60. The van der Waals surface area contributed by atoms with Crippen molar-refractivity contribution in [2.24, 2.45) is 0 Å². The first kappa shape index (κ1) is 26.5.